The lowest BCUT2D eigenvalue weighted by Gasteiger charge is -2.08. The van der Waals surface area contributed by atoms with E-state index in [0.717, 1.165) is 40.9 Å². The average Bonchev–Trinajstić information content (AvgIpc) is 2.52. The van der Waals surface area contributed by atoms with Crippen LogP contribution in [0.5, 0.6) is 0 Å². The maximum absolute atomic E-state index is 4.69. The number of rotatable bonds is 4. The lowest BCUT2D eigenvalue weighted by Crippen LogP contribution is -2.02. The summed E-state index contributed by atoms with van der Waals surface area (Å²) in [5.41, 5.74) is 3.10. The topological polar surface area (TPSA) is 37.8 Å². The van der Waals surface area contributed by atoms with Gasteiger partial charge in [-0.25, -0.2) is 4.98 Å². The van der Waals surface area contributed by atoms with Gasteiger partial charge < -0.3 is 5.32 Å². The Morgan fingerprint density at radius 3 is 2.80 bits per heavy atom. The molecule has 0 radical (unpaired) electrons. The molecule has 0 aliphatic carbocycles. The summed E-state index contributed by atoms with van der Waals surface area (Å²) in [5, 5.41) is 4.46. The predicted octanol–water partition coefficient (Wildman–Crippen LogP) is 4.12. The SMILES string of the molecule is CCCNc1cccc(-c2cccc3ncccc23)n1. The first-order valence-corrected chi connectivity index (χ1v) is 6.93. The molecule has 0 spiro atoms. The average molecular weight is 263 g/mol. The first-order valence-electron chi connectivity index (χ1n) is 6.93. The summed E-state index contributed by atoms with van der Waals surface area (Å²) >= 11 is 0. The van der Waals surface area contributed by atoms with E-state index >= 15 is 0 Å². The molecule has 3 heteroatoms. The van der Waals surface area contributed by atoms with Crippen molar-refractivity contribution in [3.05, 3.63) is 54.7 Å². The second kappa shape index (κ2) is 5.70. The zero-order valence-corrected chi connectivity index (χ0v) is 11.5. The standard InChI is InChI=1S/C17H17N3/c1-2-11-19-17-10-4-9-16(20-17)14-6-3-8-15-13(14)7-5-12-18-15/h3-10,12H,2,11H2,1H3,(H,19,20). The van der Waals surface area contributed by atoms with Gasteiger partial charge in [0.15, 0.2) is 0 Å². The maximum atomic E-state index is 4.69. The van der Waals surface area contributed by atoms with Gasteiger partial charge in [-0.1, -0.05) is 31.2 Å². The molecule has 20 heavy (non-hydrogen) atoms. The first-order chi connectivity index (χ1) is 9.88. The molecule has 3 nitrogen and oxygen atoms in total. The summed E-state index contributed by atoms with van der Waals surface area (Å²) in [6, 6.07) is 16.3. The minimum Gasteiger partial charge on any atom is -0.370 e. The van der Waals surface area contributed by atoms with Crippen LogP contribution in [0.15, 0.2) is 54.7 Å². The Morgan fingerprint density at radius 2 is 1.90 bits per heavy atom. The molecule has 3 aromatic rings. The van der Waals surface area contributed by atoms with E-state index in [9.17, 15) is 0 Å². The maximum Gasteiger partial charge on any atom is 0.126 e. The molecule has 0 saturated heterocycles. The molecule has 3 rings (SSSR count). The second-order valence-electron chi connectivity index (χ2n) is 4.71. The van der Waals surface area contributed by atoms with E-state index in [1.54, 1.807) is 0 Å². The van der Waals surface area contributed by atoms with Gasteiger partial charge in [0, 0.05) is 23.7 Å². The summed E-state index contributed by atoms with van der Waals surface area (Å²) in [6.07, 6.45) is 2.91. The Balaban J connectivity index is 2.06. The molecule has 2 aromatic heterocycles. The summed E-state index contributed by atoms with van der Waals surface area (Å²) in [7, 11) is 0. The number of benzene rings is 1. The lowest BCUT2D eigenvalue weighted by atomic mass is 10.1. The number of pyridine rings is 2. The predicted molar refractivity (Wildman–Crippen MR) is 83.8 cm³/mol. The lowest BCUT2D eigenvalue weighted by molar-refractivity contribution is 0.970. The zero-order valence-electron chi connectivity index (χ0n) is 11.5. The van der Waals surface area contributed by atoms with Gasteiger partial charge in [-0.3, -0.25) is 4.98 Å². The monoisotopic (exact) mass is 263 g/mol. The molecule has 0 bridgehead atoms. The molecule has 0 unspecified atom stereocenters. The highest BCUT2D eigenvalue weighted by Crippen LogP contribution is 2.26. The van der Waals surface area contributed by atoms with Crippen LogP contribution in [-0.4, -0.2) is 16.5 Å². The number of fused-ring (bicyclic) bond motifs is 1. The van der Waals surface area contributed by atoms with Crippen LogP contribution in [-0.2, 0) is 0 Å². The highest BCUT2D eigenvalue weighted by molar-refractivity contribution is 5.93. The molecule has 100 valence electrons. The van der Waals surface area contributed by atoms with Crippen molar-refractivity contribution in [3.63, 3.8) is 0 Å². The first kappa shape index (κ1) is 12.6. The molecule has 0 aliphatic heterocycles. The Labute approximate surface area is 118 Å². The number of nitrogens with zero attached hydrogens (tertiary/aromatic N) is 2. The van der Waals surface area contributed by atoms with Crippen LogP contribution in [0, 0.1) is 0 Å². The summed E-state index contributed by atoms with van der Waals surface area (Å²) < 4.78 is 0. The van der Waals surface area contributed by atoms with Gasteiger partial charge in [0.05, 0.1) is 11.2 Å². The summed E-state index contributed by atoms with van der Waals surface area (Å²) in [4.78, 5) is 9.09. The second-order valence-corrected chi connectivity index (χ2v) is 4.71. The van der Waals surface area contributed by atoms with Gasteiger partial charge in [-0.2, -0.15) is 0 Å². The zero-order chi connectivity index (χ0) is 13.8. The van der Waals surface area contributed by atoms with Gasteiger partial charge in [0.25, 0.3) is 0 Å². The number of hydrogen-bond acceptors (Lipinski definition) is 3. The molecule has 0 atom stereocenters. The highest BCUT2D eigenvalue weighted by Gasteiger charge is 2.05. The van der Waals surface area contributed by atoms with Crippen molar-refractivity contribution < 1.29 is 0 Å². The van der Waals surface area contributed by atoms with E-state index in [1.807, 2.05) is 42.6 Å². The Hall–Kier alpha value is -2.42. The van der Waals surface area contributed by atoms with Crippen molar-refractivity contribution >= 4 is 16.7 Å². The van der Waals surface area contributed by atoms with Crippen molar-refractivity contribution in [2.24, 2.45) is 0 Å². The van der Waals surface area contributed by atoms with E-state index in [4.69, 9.17) is 4.98 Å². The van der Waals surface area contributed by atoms with Gasteiger partial charge in [-0.15, -0.1) is 0 Å². The molecule has 0 amide bonds. The number of anilines is 1. The number of hydrogen-bond donors (Lipinski definition) is 1. The van der Waals surface area contributed by atoms with E-state index in [2.05, 4.69) is 29.4 Å². The molecular formula is C17H17N3. The van der Waals surface area contributed by atoms with E-state index in [0.29, 0.717) is 0 Å². The van der Waals surface area contributed by atoms with Crippen molar-refractivity contribution in [1.29, 1.82) is 0 Å². The summed E-state index contributed by atoms with van der Waals surface area (Å²) in [5.74, 6) is 0.922. The fourth-order valence-corrected chi connectivity index (χ4v) is 2.26. The molecular weight excluding hydrogens is 246 g/mol. The van der Waals surface area contributed by atoms with Gasteiger partial charge in [-0.05, 0) is 30.7 Å². The van der Waals surface area contributed by atoms with Gasteiger partial charge in [0.1, 0.15) is 5.82 Å². The molecule has 0 saturated carbocycles. The molecule has 1 aromatic carbocycles. The van der Waals surface area contributed by atoms with E-state index in [1.165, 1.54) is 0 Å². The Bertz CT molecular complexity index is 717. The fourth-order valence-electron chi connectivity index (χ4n) is 2.26. The van der Waals surface area contributed by atoms with Crippen LogP contribution in [0.3, 0.4) is 0 Å². The third kappa shape index (κ3) is 2.48. The molecule has 2 heterocycles. The van der Waals surface area contributed by atoms with Gasteiger partial charge in [0.2, 0.25) is 0 Å². The van der Waals surface area contributed by atoms with Crippen LogP contribution in [0.1, 0.15) is 13.3 Å². The number of nitrogens with one attached hydrogen (secondary N) is 1. The van der Waals surface area contributed by atoms with Crippen LogP contribution < -0.4 is 5.32 Å². The Morgan fingerprint density at radius 1 is 1.00 bits per heavy atom. The molecule has 0 fully saturated rings. The van der Waals surface area contributed by atoms with Crippen molar-refractivity contribution in [3.8, 4) is 11.3 Å². The molecule has 0 aliphatic rings. The van der Waals surface area contributed by atoms with Crippen LogP contribution in [0.4, 0.5) is 5.82 Å². The molecule has 1 N–H and O–H groups in total. The van der Waals surface area contributed by atoms with Crippen molar-refractivity contribution in [1.82, 2.24) is 9.97 Å². The largest absolute Gasteiger partial charge is 0.370 e. The van der Waals surface area contributed by atoms with Crippen molar-refractivity contribution in [2.75, 3.05) is 11.9 Å². The van der Waals surface area contributed by atoms with E-state index in [-0.39, 0.29) is 0 Å². The normalized spacial score (nSPS) is 10.7. The highest BCUT2D eigenvalue weighted by atomic mass is 15.0. The fraction of sp³-hybridized carbons (Fsp3) is 0.176. The minimum atomic E-state index is 0.922. The van der Waals surface area contributed by atoms with Gasteiger partial charge >= 0.3 is 0 Å². The van der Waals surface area contributed by atoms with Crippen molar-refractivity contribution in [2.45, 2.75) is 13.3 Å². The van der Waals surface area contributed by atoms with Crippen LogP contribution in [0.2, 0.25) is 0 Å². The minimum absolute atomic E-state index is 0.922. The number of aromatic nitrogens is 2. The summed E-state index contributed by atoms with van der Waals surface area (Å²) in [6.45, 7) is 3.08. The third-order valence-corrected chi connectivity index (χ3v) is 3.23. The quantitative estimate of drug-likeness (QED) is 0.769. The van der Waals surface area contributed by atoms with Crippen LogP contribution >= 0.6 is 0 Å². The van der Waals surface area contributed by atoms with Crippen LogP contribution in [0.25, 0.3) is 22.2 Å². The Kier molecular flexibility index (Phi) is 3.59. The van der Waals surface area contributed by atoms with E-state index < -0.39 is 0 Å². The smallest absolute Gasteiger partial charge is 0.126 e. The third-order valence-electron chi connectivity index (χ3n) is 3.23.